The molecule has 1 aliphatic carbocycles. The molecule has 3 rings (SSSR count). The molecule has 0 spiro atoms. The van der Waals surface area contributed by atoms with Crippen molar-refractivity contribution in [3.05, 3.63) is 59.7 Å². The average molecular weight is 326 g/mol. The fourth-order valence-electron chi connectivity index (χ4n) is 3.17. The van der Waals surface area contributed by atoms with E-state index in [1.54, 1.807) is 0 Å². The molecule has 5 nitrogen and oxygen atoms in total. The van der Waals surface area contributed by atoms with Crippen molar-refractivity contribution in [3.63, 3.8) is 0 Å². The Morgan fingerprint density at radius 3 is 2.17 bits per heavy atom. The van der Waals surface area contributed by atoms with Crippen LogP contribution < -0.4 is 10.8 Å². The summed E-state index contributed by atoms with van der Waals surface area (Å²) in [4.78, 5) is 11.9. The predicted octanol–water partition coefficient (Wildman–Crippen LogP) is 3.28. The molecule has 0 aliphatic heterocycles. The molecule has 126 valence electrons. The number of rotatable bonds is 7. The molecule has 1 aliphatic rings. The van der Waals surface area contributed by atoms with Gasteiger partial charge in [-0.3, -0.25) is 0 Å². The Balaban J connectivity index is 1.58. The number of amides is 1. The number of alkyl carbamates (subject to hydrolysis) is 1. The number of carbonyl (C=O) groups is 1. The molecule has 0 radical (unpaired) electrons. The van der Waals surface area contributed by atoms with E-state index in [4.69, 9.17) is 9.94 Å². The molecule has 0 fully saturated rings. The summed E-state index contributed by atoms with van der Waals surface area (Å²) in [6.07, 6.45) is 1.19. The number of ether oxygens (including phenoxy) is 1. The Morgan fingerprint density at radius 1 is 0.958 bits per heavy atom. The number of hydrogen-bond donors (Lipinski definition) is 3. The molecule has 0 saturated carbocycles. The maximum atomic E-state index is 11.9. The lowest BCUT2D eigenvalue weighted by Gasteiger charge is -2.14. The van der Waals surface area contributed by atoms with Gasteiger partial charge in [0.1, 0.15) is 6.61 Å². The molecular formula is C19H22N2O3. The first kappa shape index (κ1) is 16.5. The second-order valence-electron chi connectivity index (χ2n) is 5.87. The van der Waals surface area contributed by atoms with Crippen molar-refractivity contribution in [3.8, 4) is 11.1 Å². The molecule has 3 N–H and O–H groups in total. The van der Waals surface area contributed by atoms with Crippen LogP contribution in [-0.4, -0.2) is 31.0 Å². The van der Waals surface area contributed by atoms with E-state index >= 15 is 0 Å². The summed E-state index contributed by atoms with van der Waals surface area (Å²) in [6, 6.07) is 16.5. The van der Waals surface area contributed by atoms with Crippen molar-refractivity contribution in [2.24, 2.45) is 0 Å². The van der Waals surface area contributed by atoms with E-state index in [1.807, 2.05) is 24.3 Å². The van der Waals surface area contributed by atoms with E-state index in [9.17, 15) is 4.79 Å². The molecule has 0 unspecified atom stereocenters. The number of benzene rings is 2. The molecule has 2 aromatic rings. The minimum atomic E-state index is -0.395. The third-order valence-corrected chi connectivity index (χ3v) is 4.33. The second-order valence-corrected chi connectivity index (χ2v) is 5.87. The molecular weight excluding hydrogens is 304 g/mol. The van der Waals surface area contributed by atoms with Crippen molar-refractivity contribution in [2.45, 2.75) is 18.8 Å². The molecule has 24 heavy (non-hydrogen) atoms. The summed E-state index contributed by atoms with van der Waals surface area (Å²) in [7, 11) is 0. The SMILES string of the molecule is O=C(NCCCCNO)OCC1c2ccccc2-c2ccccc21. The van der Waals surface area contributed by atoms with Crippen molar-refractivity contribution in [1.29, 1.82) is 0 Å². The third-order valence-electron chi connectivity index (χ3n) is 4.33. The van der Waals surface area contributed by atoms with Crippen molar-refractivity contribution >= 4 is 6.09 Å². The van der Waals surface area contributed by atoms with Gasteiger partial charge in [0.25, 0.3) is 0 Å². The summed E-state index contributed by atoms with van der Waals surface area (Å²) in [6.45, 7) is 1.39. The molecule has 0 bridgehead atoms. The first-order valence-electron chi connectivity index (χ1n) is 8.27. The Kier molecular flexibility index (Phi) is 5.46. The molecule has 2 aromatic carbocycles. The van der Waals surface area contributed by atoms with Crippen LogP contribution >= 0.6 is 0 Å². The Labute approximate surface area is 141 Å². The minimum absolute atomic E-state index is 0.0849. The molecule has 0 heterocycles. The van der Waals surface area contributed by atoms with Crippen LogP contribution in [0.1, 0.15) is 29.9 Å². The lowest BCUT2D eigenvalue weighted by atomic mass is 9.98. The van der Waals surface area contributed by atoms with Gasteiger partial charge >= 0.3 is 6.09 Å². The first-order chi connectivity index (χ1) is 11.8. The highest BCUT2D eigenvalue weighted by Crippen LogP contribution is 2.44. The topological polar surface area (TPSA) is 70.6 Å². The minimum Gasteiger partial charge on any atom is -0.449 e. The quantitative estimate of drug-likeness (QED) is 0.539. The van der Waals surface area contributed by atoms with Gasteiger partial charge in [0, 0.05) is 19.0 Å². The standard InChI is InChI=1S/C19H22N2O3/c22-19(20-11-5-6-12-21-23)24-13-18-16-9-3-1-7-14(16)15-8-2-4-10-17(15)18/h1-4,7-10,18,21,23H,5-6,11-13H2,(H,20,22). The van der Waals surface area contributed by atoms with Crippen LogP contribution in [0.4, 0.5) is 4.79 Å². The maximum Gasteiger partial charge on any atom is 0.407 e. The Morgan fingerprint density at radius 2 is 1.54 bits per heavy atom. The Hall–Kier alpha value is -2.37. The van der Waals surface area contributed by atoms with Gasteiger partial charge in [-0.05, 0) is 35.1 Å². The van der Waals surface area contributed by atoms with Gasteiger partial charge in [-0.2, -0.15) is 0 Å². The number of fused-ring (bicyclic) bond motifs is 3. The van der Waals surface area contributed by atoms with Crippen LogP contribution in [0.25, 0.3) is 11.1 Å². The summed E-state index contributed by atoms with van der Waals surface area (Å²) in [5.74, 6) is 0.0849. The van der Waals surface area contributed by atoms with E-state index in [-0.39, 0.29) is 5.92 Å². The normalized spacial score (nSPS) is 12.5. The van der Waals surface area contributed by atoms with Crippen molar-refractivity contribution in [1.82, 2.24) is 10.8 Å². The maximum absolute atomic E-state index is 11.9. The molecule has 0 atom stereocenters. The van der Waals surface area contributed by atoms with Gasteiger partial charge in [-0.25, -0.2) is 10.3 Å². The number of nitrogens with one attached hydrogen (secondary N) is 2. The van der Waals surface area contributed by atoms with Crippen LogP contribution in [0.15, 0.2) is 48.5 Å². The molecule has 5 heteroatoms. The second kappa shape index (κ2) is 7.95. The van der Waals surface area contributed by atoms with E-state index in [0.29, 0.717) is 19.7 Å². The largest absolute Gasteiger partial charge is 0.449 e. The first-order valence-corrected chi connectivity index (χ1v) is 8.27. The zero-order chi connectivity index (χ0) is 16.8. The van der Waals surface area contributed by atoms with Gasteiger partial charge in [0.15, 0.2) is 0 Å². The third kappa shape index (κ3) is 3.58. The van der Waals surface area contributed by atoms with Crippen molar-refractivity contribution < 1.29 is 14.7 Å². The summed E-state index contributed by atoms with van der Waals surface area (Å²) in [5, 5.41) is 11.2. The lowest BCUT2D eigenvalue weighted by Crippen LogP contribution is -2.27. The fourth-order valence-corrected chi connectivity index (χ4v) is 3.17. The highest BCUT2D eigenvalue weighted by atomic mass is 16.5. The number of hydroxylamine groups is 1. The summed E-state index contributed by atoms with van der Waals surface area (Å²) >= 11 is 0. The summed E-state index contributed by atoms with van der Waals surface area (Å²) < 4.78 is 5.43. The molecule has 0 aromatic heterocycles. The van der Waals surface area contributed by atoms with E-state index in [0.717, 1.165) is 12.8 Å². The smallest absolute Gasteiger partial charge is 0.407 e. The average Bonchev–Trinajstić information content (AvgIpc) is 2.94. The monoisotopic (exact) mass is 326 g/mol. The van der Waals surface area contributed by atoms with E-state index < -0.39 is 6.09 Å². The summed E-state index contributed by atoms with van der Waals surface area (Å²) in [5.41, 5.74) is 6.95. The zero-order valence-corrected chi connectivity index (χ0v) is 13.5. The van der Waals surface area contributed by atoms with Gasteiger partial charge in [0.2, 0.25) is 0 Å². The number of unbranched alkanes of at least 4 members (excludes halogenated alkanes) is 1. The van der Waals surface area contributed by atoms with Gasteiger partial charge in [-0.15, -0.1) is 0 Å². The number of carbonyl (C=O) groups excluding carboxylic acids is 1. The van der Waals surface area contributed by atoms with Crippen molar-refractivity contribution in [2.75, 3.05) is 19.7 Å². The zero-order valence-electron chi connectivity index (χ0n) is 13.5. The van der Waals surface area contributed by atoms with Crippen LogP contribution in [-0.2, 0) is 4.74 Å². The highest BCUT2D eigenvalue weighted by Gasteiger charge is 2.28. The van der Waals surface area contributed by atoms with E-state index in [1.165, 1.54) is 22.3 Å². The van der Waals surface area contributed by atoms with Gasteiger partial charge in [-0.1, -0.05) is 48.5 Å². The Bertz CT molecular complexity index is 657. The number of hydrogen-bond acceptors (Lipinski definition) is 4. The molecule has 1 amide bonds. The van der Waals surface area contributed by atoms with E-state index in [2.05, 4.69) is 35.1 Å². The van der Waals surface area contributed by atoms with Gasteiger partial charge < -0.3 is 15.3 Å². The van der Waals surface area contributed by atoms with Crippen LogP contribution in [0.3, 0.4) is 0 Å². The van der Waals surface area contributed by atoms with Crippen LogP contribution in [0.2, 0.25) is 0 Å². The van der Waals surface area contributed by atoms with Crippen LogP contribution in [0.5, 0.6) is 0 Å². The van der Waals surface area contributed by atoms with Gasteiger partial charge in [0.05, 0.1) is 0 Å². The fraction of sp³-hybridized carbons (Fsp3) is 0.316. The van der Waals surface area contributed by atoms with Crippen LogP contribution in [0, 0.1) is 0 Å². The lowest BCUT2D eigenvalue weighted by molar-refractivity contribution is 0.142. The molecule has 0 saturated heterocycles. The predicted molar refractivity (Wildman–Crippen MR) is 92.1 cm³/mol. The highest BCUT2D eigenvalue weighted by molar-refractivity contribution is 5.79.